The highest BCUT2D eigenvalue weighted by Gasteiger charge is 2.11. The van der Waals surface area contributed by atoms with E-state index in [1.165, 1.54) is 9.13 Å². The molecular formula is C26H21N5O5. The normalized spacial score (nSPS) is 10.8. The number of carbonyl (C=O) groups is 1. The molecule has 0 radical (unpaired) electrons. The average Bonchev–Trinajstić information content (AvgIpc) is 3.42. The molecule has 10 nitrogen and oxygen atoms in total. The summed E-state index contributed by atoms with van der Waals surface area (Å²) in [4.78, 5) is 39.1. The van der Waals surface area contributed by atoms with E-state index in [1.807, 2.05) is 30.3 Å². The maximum atomic E-state index is 13.0. The van der Waals surface area contributed by atoms with Crippen LogP contribution in [0.25, 0.3) is 11.4 Å². The molecule has 0 unspecified atom stereocenters. The smallest absolute Gasteiger partial charge is 0.337 e. The lowest BCUT2D eigenvalue weighted by atomic mass is 10.2. The van der Waals surface area contributed by atoms with Crippen molar-refractivity contribution in [2.45, 2.75) is 6.54 Å². The fourth-order valence-corrected chi connectivity index (χ4v) is 3.66. The molecule has 3 aromatic carbocycles. The highest BCUT2D eigenvalue weighted by molar-refractivity contribution is 5.90. The van der Waals surface area contributed by atoms with E-state index in [1.54, 1.807) is 60.9 Å². The van der Waals surface area contributed by atoms with Gasteiger partial charge in [0.05, 0.1) is 17.6 Å². The first-order valence-corrected chi connectivity index (χ1v) is 11.0. The lowest BCUT2D eigenvalue weighted by Crippen LogP contribution is -2.25. The van der Waals surface area contributed by atoms with Gasteiger partial charge in [-0.15, -0.1) is 0 Å². The van der Waals surface area contributed by atoms with E-state index in [9.17, 15) is 19.5 Å². The number of imidazole rings is 2. The van der Waals surface area contributed by atoms with Crippen molar-refractivity contribution in [2.24, 2.45) is 0 Å². The molecule has 2 aromatic heterocycles. The summed E-state index contributed by atoms with van der Waals surface area (Å²) >= 11 is 0. The molecule has 0 bridgehead atoms. The highest BCUT2D eigenvalue weighted by Crippen LogP contribution is 2.22. The Balaban J connectivity index is 1.27. The van der Waals surface area contributed by atoms with Crippen LogP contribution in [0.2, 0.25) is 0 Å². The van der Waals surface area contributed by atoms with E-state index in [2.05, 4.69) is 10.3 Å². The highest BCUT2D eigenvalue weighted by atomic mass is 16.5. The van der Waals surface area contributed by atoms with Crippen LogP contribution in [0.3, 0.4) is 0 Å². The number of para-hydroxylation sites is 1. The van der Waals surface area contributed by atoms with Crippen LogP contribution in [0.4, 0.5) is 5.69 Å². The first-order chi connectivity index (χ1) is 17.5. The summed E-state index contributed by atoms with van der Waals surface area (Å²) in [7, 11) is 0. The Morgan fingerprint density at radius 2 is 1.42 bits per heavy atom. The minimum Gasteiger partial charge on any atom is -0.493 e. The molecule has 0 spiro atoms. The fourth-order valence-electron chi connectivity index (χ4n) is 3.66. The predicted molar refractivity (Wildman–Crippen MR) is 133 cm³/mol. The quantitative estimate of drug-likeness (QED) is 0.328. The standard InChI is InChI=1S/C26H21N5O5/c32-23(17-31-24(33)16-27-25(31)34)28-18-6-8-19(9-7-18)29-14-15-30(26(29)35)20-10-12-22(13-11-20)36-21-4-2-1-3-5-21/h1-16,33H,17H2,(H,27,34)(H,28,32). The van der Waals surface area contributed by atoms with Crippen molar-refractivity contribution in [2.75, 3.05) is 5.32 Å². The fraction of sp³-hybridized carbons (Fsp3) is 0.0385. The average molecular weight is 483 g/mol. The van der Waals surface area contributed by atoms with E-state index in [-0.39, 0.29) is 18.1 Å². The first kappa shape index (κ1) is 22.5. The van der Waals surface area contributed by atoms with E-state index in [0.29, 0.717) is 22.8 Å². The molecule has 3 N–H and O–H groups in total. The lowest BCUT2D eigenvalue weighted by molar-refractivity contribution is -0.116. The molecule has 36 heavy (non-hydrogen) atoms. The molecule has 0 aliphatic rings. The van der Waals surface area contributed by atoms with Crippen LogP contribution >= 0.6 is 0 Å². The van der Waals surface area contributed by atoms with Gasteiger partial charge in [-0.1, -0.05) is 18.2 Å². The van der Waals surface area contributed by atoms with Crippen LogP contribution in [-0.2, 0) is 11.3 Å². The molecule has 5 aromatic rings. The Kier molecular flexibility index (Phi) is 5.98. The van der Waals surface area contributed by atoms with Crippen LogP contribution < -0.4 is 21.4 Å². The molecule has 0 saturated carbocycles. The van der Waals surface area contributed by atoms with Gasteiger partial charge in [-0.25, -0.2) is 9.59 Å². The van der Waals surface area contributed by atoms with Crippen molar-refractivity contribution in [3.8, 4) is 28.8 Å². The van der Waals surface area contributed by atoms with Gasteiger partial charge in [0.15, 0.2) is 0 Å². The summed E-state index contributed by atoms with van der Waals surface area (Å²) in [6.45, 7) is -0.340. The largest absolute Gasteiger partial charge is 0.493 e. The number of carbonyl (C=O) groups excluding carboxylic acids is 1. The molecule has 0 aliphatic heterocycles. The van der Waals surface area contributed by atoms with Gasteiger partial charge in [0.2, 0.25) is 11.8 Å². The van der Waals surface area contributed by atoms with Crippen molar-refractivity contribution in [1.29, 1.82) is 0 Å². The Hall–Kier alpha value is -5.25. The molecule has 180 valence electrons. The first-order valence-electron chi connectivity index (χ1n) is 11.0. The number of hydrogen-bond donors (Lipinski definition) is 3. The van der Waals surface area contributed by atoms with Gasteiger partial charge >= 0.3 is 11.4 Å². The zero-order chi connectivity index (χ0) is 25.1. The molecule has 0 fully saturated rings. The zero-order valence-corrected chi connectivity index (χ0v) is 18.9. The number of aromatic hydroxyl groups is 1. The van der Waals surface area contributed by atoms with Gasteiger partial charge in [0.1, 0.15) is 18.0 Å². The Morgan fingerprint density at radius 3 is 2.00 bits per heavy atom. The molecule has 0 atom stereocenters. The summed E-state index contributed by atoms with van der Waals surface area (Å²) in [5.74, 6) is 0.576. The Labute approximate surface area is 204 Å². The number of anilines is 1. The number of rotatable bonds is 7. The van der Waals surface area contributed by atoms with Crippen LogP contribution in [0.1, 0.15) is 0 Å². The zero-order valence-electron chi connectivity index (χ0n) is 18.9. The number of aromatic nitrogens is 4. The SMILES string of the molecule is O=C(Cn1c(O)c[nH]c1=O)Nc1ccc(-n2ccn(-c3ccc(Oc4ccccc4)cc3)c2=O)cc1. The number of ether oxygens (including phenoxy) is 1. The van der Waals surface area contributed by atoms with Crippen molar-refractivity contribution in [3.05, 3.63) is 118 Å². The molecule has 5 rings (SSSR count). The Bertz CT molecular complexity index is 1610. The van der Waals surface area contributed by atoms with E-state index < -0.39 is 11.6 Å². The maximum Gasteiger partial charge on any atom is 0.337 e. The van der Waals surface area contributed by atoms with Gasteiger partial charge < -0.3 is 20.1 Å². The summed E-state index contributed by atoms with van der Waals surface area (Å²) in [5, 5.41) is 12.3. The second kappa shape index (κ2) is 9.55. The van der Waals surface area contributed by atoms with Crippen LogP contribution in [-0.4, -0.2) is 29.7 Å². The summed E-state index contributed by atoms with van der Waals surface area (Å²) < 4.78 is 9.71. The number of nitrogens with one attached hydrogen (secondary N) is 2. The number of H-pyrrole nitrogens is 1. The van der Waals surface area contributed by atoms with E-state index in [4.69, 9.17) is 4.74 Å². The summed E-state index contributed by atoms with van der Waals surface area (Å²) in [5.41, 5.74) is 0.936. The molecule has 10 heteroatoms. The van der Waals surface area contributed by atoms with Gasteiger partial charge in [-0.2, -0.15) is 0 Å². The topological polar surface area (TPSA) is 123 Å². The van der Waals surface area contributed by atoms with Crippen molar-refractivity contribution < 1.29 is 14.6 Å². The number of nitrogens with zero attached hydrogens (tertiary/aromatic N) is 3. The third kappa shape index (κ3) is 4.68. The molecule has 1 amide bonds. The summed E-state index contributed by atoms with van der Waals surface area (Å²) in [6, 6.07) is 23.3. The number of aromatic amines is 1. The van der Waals surface area contributed by atoms with Crippen LogP contribution in [0.5, 0.6) is 17.4 Å². The van der Waals surface area contributed by atoms with Gasteiger partial charge in [-0.3, -0.25) is 18.5 Å². The van der Waals surface area contributed by atoms with Crippen LogP contribution in [0.15, 0.2) is 107 Å². The predicted octanol–water partition coefficient (Wildman–Crippen LogP) is 3.25. The second-order valence-corrected chi connectivity index (χ2v) is 7.86. The van der Waals surface area contributed by atoms with Gasteiger partial charge in [0.25, 0.3) is 0 Å². The number of hydrogen-bond acceptors (Lipinski definition) is 5. The number of amides is 1. The third-order valence-electron chi connectivity index (χ3n) is 5.45. The molecule has 2 heterocycles. The van der Waals surface area contributed by atoms with Crippen molar-refractivity contribution in [3.63, 3.8) is 0 Å². The minimum atomic E-state index is -0.583. The third-order valence-corrected chi connectivity index (χ3v) is 5.45. The lowest BCUT2D eigenvalue weighted by Gasteiger charge is -2.08. The number of benzene rings is 3. The van der Waals surface area contributed by atoms with Crippen LogP contribution in [0, 0.1) is 0 Å². The second-order valence-electron chi connectivity index (χ2n) is 7.86. The van der Waals surface area contributed by atoms with Gasteiger partial charge in [-0.05, 0) is 60.7 Å². The van der Waals surface area contributed by atoms with E-state index in [0.717, 1.165) is 16.5 Å². The van der Waals surface area contributed by atoms with Gasteiger partial charge in [0, 0.05) is 18.1 Å². The maximum absolute atomic E-state index is 13.0. The molecule has 0 saturated heterocycles. The molecule has 0 aliphatic carbocycles. The van der Waals surface area contributed by atoms with Crippen molar-refractivity contribution >= 4 is 11.6 Å². The minimum absolute atomic E-state index is 0.258. The summed E-state index contributed by atoms with van der Waals surface area (Å²) in [6.07, 6.45) is 4.44. The molecular weight excluding hydrogens is 462 g/mol. The van der Waals surface area contributed by atoms with E-state index >= 15 is 0 Å². The van der Waals surface area contributed by atoms with Crippen molar-refractivity contribution in [1.82, 2.24) is 18.7 Å². The Morgan fingerprint density at radius 1 is 0.833 bits per heavy atom. The monoisotopic (exact) mass is 483 g/mol.